The lowest BCUT2D eigenvalue weighted by atomic mass is 10.0. The van der Waals surface area contributed by atoms with Gasteiger partial charge in [-0.25, -0.2) is 4.39 Å². The Bertz CT molecular complexity index is 509. The van der Waals surface area contributed by atoms with Crippen LogP contribution in [-0.4, -0.2) is 24.3 Å². The largest absolute Gasteiger partial charge is 0.490 e. The molecule has 104 valence electrons. The van der Waals surface area contributed by atoms with Crippen molar-refractivity contribution in [1.82, 2.24) is 0 Å². The van der Waals surface area contributed by atoms with E-state index in [9.17, 15) is 9.18 Å². The van der Waals surface area contributed by atoms with Crippen LogP contribution >= 0.6 is 15.9 Å². The van der Waals surface area contributed by atoms with Gasteiger partial charge in [0, 0.05) is 18.5 Å². The average Bonchev–Trinajstić information content (AvgIpc) is 2.54. The molecule has 0 aromatic heterocycles. The Morgan fingerprint density at radius 2 is 2.21 bits per heavy atom. The number of benzene rings is 1. The molecule has 1 aromatic carbocycles. The summed E-state index contributed by atoms with van der Waals surface area (Å²) in [4.78, 5) is 10.7. The van der Waals surface area contributed by atoms with Crippen LogP contribution in [0.3, 0.4) is 0 Å². The molecule has 1 aromatic rings. The molecule has 1 unspecified atom stereocenters. The molecule has 1 aliphatic heterocycles. The number of halogens is 2. The Morgan fingerprint density at radius 3 is 2.89 bits per heavy atom. The van der Waals surface area contributed by atoms with Gasteiger partial charge >= 0.3 is 5.97 Å². The first kappa shape index (κ1) is 14.1. The zero-order valence-electron chi connectivity index (χ0n) is 9.99. The third-order valence-electron chi connectivity index (χ3n) is 2.73. The summed E-state index contributed by atoms with van der Waals surface area (Å²) in [5, 5.41) is 8.78. The topological polar surface area (TPSA) is 81.8 Å². The number of carbonyl (C=O) groups is 1. The second-order valence-electron chi connectivity index (χ2n) is 4.17. The molecule has 0 spiro atoms. The molecule has 0 radical (unpaired) electrons. The van der Waals surface area contributed by atoms with Crippen molar-refractivity contribution >= 4 is 21.9 Å². The number of nitrogens with two attached hydrogens (primary N) is 1. The summed E-state index contributed by atoms with van der Waals surface area (Å²) in [5.41, 5.74) is 5.80. The van der Waals surface area contributed by atoms with Crippen molar-refractivity contribution in [2.75, 3.05) is 13.2 Å². The van der Waals surface area contributed by atoms with Gasteiger partial charge < -0.3 is 20.3 Å². The van der Waals surface area contributed by atoms with Crippen molar-refractivity contribution in [3.63, 3.8) is 0 Å². The second kappa shape index (κ2) is 5.75. The fourth-order valence-electron chi connectivity index (χ4n) is 1.90. The number of rotatable bonds is 3. The predicted molar refractivity (Wildman–Crippen MR) is 68.9 cm³/mol. The molecule has 0 saturated heterocycles. The third-order valence-corrected chi connectivity index (χ3v) is 3.31. The van der Waals surface area contributed by atoms with Crippen LogP contribution < -0.4 is 15.2 Å². The van der Waals surface area contributed by atoms with Gasteiger partial charge in [-0.15, -0.1) is 0 Å². The summed E-state index contributed by atoms with van der Waals surface area (Å²) in [6.45, 7) is 0.833. The number of carboxylic acid groups (broad SMARTS) is 1. The highest BCUT2D eigenvalue weighted by Gasteiger charge is 2.27. The number of hydrogen-bond acceptors (Lipinski definition) is 4. The summed E-state index contributed by atoms with van der Waals surface area (Å²) in [7, 11) is 0. The highest BCUT2D eigenvalue weighted by atomic mass is 79.9. The molecule has 0 saturated carbocycles. The molecule has 1 aliphatic rings. The van der Waals surface area contributed by atoms with Crippen LogP contribution in [0.1, 0.15) is 24.4 Å². The normalized spacial score (nSPS) is 15.7. The lowest BCUT2D eigenvalue weighted by Gasteiger charge is -2.18. The molecule has 2 rings (SSSR count). The Kier molecular flexibility index (Phi) is 4.26. The van der Waals surface area contributed by atoms with E-state index >= 15 is 0 Å². The van der Waals surface area contributed by atoms with E-state index in [4.69, 9.17) is 20.3 Å². The van der Waals surface area contributed by atoms with Gasteiger partial charge in [0.1, 0.15) is 5.82 Å². The van der Waals surface area contributed by atoms with Crippen molar-refractivity contribution in [1.29, 1.82) is 0 Å². The molecule has 0 fully saturated rings. The molecule has 1 atom stereocenters. The van der Waals surface area contributed by atoms with E-state index in [0.29, 0.717) is 25.4 Å². The van der Waals surface area contributed by atoms with E-state index < -0.39 is 17.8 Å². The van der Waals surface area contributed by atoms with Crippen molar-refractivity contribution in [2.45, 2.75) is 18.9 Å². The highest BCUT2D eigenvalue weighted by Crippen LogP contribution is 2.42. The van der Waals surface area contributed by atoms with Crippen molar-refractivity contribution in [2.24, 2.45) is 5.73 Å². The molecule has 0 amide bonds. The van der Waals surface area contributed by atoms with E-state index in [0.717, 1.165) is 0 Å². The van der Waals surface area contributed by atoms with Gasteiger partial charge in [0.05, 0.1) is 29.7 Å². The zero-order valence-corrected chi connectivity index (χ0v) is 11.6. The highest BCUT2D eigenvalue weighted by molar-refractivity contribution is 9.10. The SMILES string of the molecule is NC(CC(=O)O)c1c(F)c(Br)cc2c1OCCCO2. The van der Waals surface area contributed by atoms with Gasteiger partial charge in [0.2, 0.25) is 0 Å². The summed E-state index contributed by atoms with van der Waals surface area (Å²) < 4.78 is 25.3. The van der Waals surface area contributed by atoms with Crippen LogP contribution in [0, 0.1) is 5.82 Å². The van der Waals surface area contributed by atoms with E-state index in [1.807, 2.05) is 0 Å². The number of fused-ring (bicyclic) bond motifs is 1. The first-order valence-electron chi connectivity index (χ1n) is 5.75. The van der Waals surface area contributed by atoms with Gasteiger partial charge in [-0.05, 0) is 15.9 Å². The molecule has 1 heterocycles. The molecule has 5 nitrogen and oxygen atoms in total. The quantitative estimate of drug-likeness (QED) is 0.886. The van der Waals surface area contributed by atoms with Crippen molar-refractivity contribution < 1.29 is 23.8 Å². The number of carboxylic acids is 1. The van der Waals surface area contributed by atoms with Crippen molar-refractivity contribution in [3.8, 4) is 11.5 Å². The van der Waals surface area contributed by atoms with Gasteiger partial charge in [0.25, 0.3) is 0 Å². The Balaban J connectivity index is 2.50. The van der Waals surface area contributed by atoms with Crippen LogP contribution in [0.15, 0.2) is 10.5 Å². The first-order valence-corrected chi connectivity index (χ1v) is 6.55. The number of hydrogen-bond donors (Lipinski definition) is 2. The van der Waals surface area contributed by atoms with Crippen LogP contribution in [-0.2, 0) is 4.79 Å². The molecule has 0 bridgehead atoms. The monoisotopic (exact) mass is 333 g/mol. The number of ether oxygens (including phenoxy) is 2. The standard InChI is InChI=1S/C12H13BrFNO4/c13-6-4-8-12(19-3-1-2-18-8)10(11(6)14)7(15)5-9(16)17/h4,7H,1-3,5,15H2,(H,16,17). The van der Waals surface area contributed by atoms with Gasteiger partial charge in [-0.3, -0.25) is 4.79 Å². The molecular weight excluding hydrogens is 321 g/mol. The molecular formula is C12H13BrFNO4. The van der Waals surface area contributed by atoms with Gasteiger partial charge in [-0.1, -0.05) is 0 Å². The summed E-state index contributed by atoms with van der Waals surface area (Å²) in [5.74, 6) is -1.14. The zero-order chi connectivity index (χ0) is 14.0. The Labute approximate surface area is 117 Å². The average molecular weight is 334 g/mol. The summed E-state index contributed by atoms with van der Waals surface area (Å²) in [6, 6.07) is 0.470. The maximum atomic E-state index is 14.2. The van der Waals surface area contributed by atoms with Gasteiger partial charge in [0.15, 0.2) is 11.5 Å². The Hall–Kier alpha value is -1.34. The van der Waals surface area contributed by atoms with Crippen LogP contribution in [0.4, 0.5) is 4.39 Å². The van der Waals surface area contributed by atoms with Crippen LogP contribution in [0.2, 0.25) is 0 Å². The minimum Gasteiger partial charge on any atom is -0.490 e. The van der Waals surface area contributed by atoms with Crippen LogP contribution in [0.5, 0.6) is 11.5 Å². The predicted octanol–water partition coefficient (Wildman–Crippen LogP) is 2.22. The van der Waals surface area contributed by atoms with E-state index in [1.165, 1.54) is 6.07 Å². The third kappa shape index (κ3) is 2.98. The maximum Gasteiger partial charge on any atom is 0.305 e. The maximum absolute atomic E-state index is 14.2. The smallest absolute Gasteiger partial charge is 0.305 e. The minimum absolute atomic E-state index is 0.0358. The van der Waals surface area contributed by atoms with E-state index in [1.54, 1.807) is 0 Å². The lowest BCUT2D eigenvalue weighted by Crippen LogP contribution is -2.18. The second-order valence-corrected chi connectivity index (χ2v) is 5.02. The first-order chi connectivity index (χ1) is 9.00. The molecule has 3 N–H and O–H groups in total. The van der Waals surface area contributed by atoms with E-state index in [-0.39, 0.29) is 22.2 Å². The lowest BCUT2D eigenvalue weighted by molar-refractivity contribution is -0.137. The summed E-state index contributed by atoms with van der Waals surface area (Å²) in [6.07, 6.45) is 0.282. The van der Waals surface area contributed by atoms with Crippen LogP contribution in [0.25, 0.3) is 0 Å². The fraction of sp³-hybridized carbons (Fsp3) is 0.417. The molecule has 19 heavy (non-hydrogen) atoms. The van der Waals surface area contributed by atoms with Gasteiger partial charge in [-0.2, -0.15) is 0 Å². The Morgan fingerprint density at radius 1 is 1.53 bits per heavy atom. The summed E-state index contributed by atoms with van der Waals surface area (Å²) >= 11 is 3.07. The van der Waals surface area contributed by atoms with Crippen molar-refractivity contribution in [3.05, 3.63) is 21.9 Å². The molecule has 7 heteroatoms. The molecule has 0 aliphatic carbocycles. The number of aliphatic carboxylic acids is 1. The van der Waals surface area contributed by atoms with E-state index in [2.05, 4.69) is 15.9 Å². The fourth-order valence-corrected chi connectivity index (χ4v) is 2.32. The minimum atomic E-state index is -1.10.